The average molecular weight is 416 g/mol. The first kappa shape index (κ1) is 20.6. The molecule has 28 heavy (non-hydrogen) atoms. The molecule has 0 aromatic heterocycles. The summed E-state index contributed by atoms with van der Waals surface area (Å²) in [5, 5.41) is 4.13. The summed E-state index contributed by atoms with van der Waals surface area (Å²) >= 11 is 6.37. The Hall–Kier alpha value is -2.18. The molecule has 1 saturated heterocycles. The molecule has 4 rings (SSSR count). The van der Waals surface area contributed by atoms with E-state index in [1.807, 2.05) is 25.1 Å². The Bertz CT molecular complexity index is 1030. The highest BCUT2D eigenvalue weighted by atomic mass is 35.5. The molecule has 0 saturated carbocycles. The molecule has 1 heterocycles. The summed E-state index contributed by atoms with van der Waals surface area (Å²) < 4.78 is 29.6. The van der Waals surface area contributed by atoms with Gasteiger partial charge in [0.2, 0.25) is 0 Å². The van der Waals surface area contributed by atoms with Crippen LogP contribution in [0.1, 0.15) is 17.0 Å². The Labute approximate surface area is 170 Å². The van der Waals surface area contributed by atoms with Crippen molar-refractivity contribution in [3.05, 3.63) is 88.9 Å². The number of rotatable bonds is 3. The molecule has 3 aromatic carbocycles. The summed E-state index contributed by atoms with van der Waals surface area (Å²) in [4.78, 5) is -0.0666. The van der Waals surface area contributed by atoms with Crippen LogP contribution in [0.2, 0.25) is 5.02 Å². The smallest absolute Gasteiger partial charge is 0.294 e. The second kappa shape index (κ2) is 8.88. The average Bonchev–Trinajstić information content (AvgIpc) is 2.61. The molecule has 1 fully saturated rings. The maximum atomic E-state index is 10.5. The highest BCUT2D eigenvalue weighted by Crippen LogP contribution is 2.31. The zero-order valence-corrected chi connectivity index (χ0v) is 17.0. The van der Waals surface area contributed by atoms with Crippen LogP contribution in [0.4, 0.5) is 0 Å². The Kier molecular flexibility index (Phi) is 6.52. The largest absolute Gasteiger partial charge is 0.315 e. The van der Waals surface area contributed by atoms with Crippen LogP contribution in [0.3, 0.4) is 0 Å². The van der Waals surface area contributed by atoms with Gasteiger partial charge in [0.05, 0.1) is 4.90 Å². The molecule has 0 spiro atoms. The third kappa shape index (κ3) is 5.20. The Balaban J connectivity index is 0.000000178. The van der Waals surface area contributed by atoms with E-state index in [0.717, 1.165) is 29.2 Å². The molecular formula is C22H22ClNO3S. The first-order valence-corrected chi connectivity index (χ1v) is 10.8. The van der Waals surface area contributed by atoms with Gasteiger partial charge in [-0.05, 0) is 36.2 Å². The molecule has 1 aliphatic rings. The van der Waals surface area contributed by atoms with E-state index in [4.69, 9.17) is 16.2 Å². The van der Waals surface area contributed by atoms with E-state index >= 15 is 0 Å². The summed E-state index contributed by atoms with van der Waals surface area (Å²) in [6.45, 7) is 3.98. The van der Waals surface area contributed by atoms with E-state index in [9.17, 15) is 8.42 Å². The van der Waals surface area contributed by atoms with Crippen LogP contribution in [0.5, 0.6) is 0 Å². The molecule has 2 N–H and O–H groups in total. The summed E-state index contributed by atoms with van der Waals surface area (Å²) in [5.74, 6) is 0.636. The van der Waals surface area contributed by atoms with Gasteiger partial charge in [-0.3, -0.25) is 4.55 Å². The van der Waals surface area contributed by atoms with Gasteiger partial charge in [-0.2, -0.15) is 8.42 Å². The Morgan fingerprint density at radius 1 is 0.964 bits per heavy atom. The quantitative estimate of drug-likeness (QED) is 0.595. The molecule has 0 unspecified atom stereocenters. The van der Waals surface area contributed by atoms with Crippen LogP contribution in [-0.2, 0) is 10.1 Å². The van der Waals surface area contributed by atoms with Crippen molar-refractivity contribution in [3.8, 4) is 11.1 Å². The van der Waals surface area contributed by atoms with Gasteiger partial charge in [-0.1, -0.05) is 71.8 Å². The zero-order chi connectivity index (χ0) is 20.1. The zero-order valence-electron chi connectivity index (χ0n) is 15.5. The van der Waals surface area contributed by atoms with Gasteiger partial charge in [0, 0.05) is 29.6 Å². The first-order chi connectivity index (χ1) is 13.3. The number of halogens is 1. The highest BCUT2D eigenvalue weighted by Gasteiger charge is 2.19. The molecular weight excluding hydrogens is 394 g/mol. The molecule has 0 bridgehead atoms. The van der Waals surface area contributed by atoms with Gasteiger partial charge in [0.15, 0.2) is 0 Å². The topological polar surface area (TPSA) is 66.4 Å². The van der Waals surface area contributed by atoms with Crippen LogP contribution in [0.15, 0.2) is 77.7 Å². The highest BCUT2D eigenvalue weighted by molar-refractivity contribution is 7.85. The second-order valence-corrected chi connectivity index (χ2v) is 8.58. The van der Waals surface area contributed by atoms with Crippen molar-refractivity contribution in [2.75, 3.05) is 13.1 Å². The maximum absolute atomic E-state index is 10.5. The fourth-order valence-electron chi connectivity index (χ4n) is 2.87. The number of benzene rings is 3. The van der Waals surface area contributed by atoms with E-state index in [0.29, 0.717) is 5.92 Å². The molecule has 0 radical (unpaired) electrons. The van der Waals surface area contributed by atoms with E-state index in [2.05, 4.69) is 35.6 Å². The SMILES string of the molecule is Cc1ccc(S(=O)(=O)O)cc1.Clc1cc(C2CNC2)ccc1-c1ccccc1. The minimum Gasteiger partial charge on any atom is -0.315 e. The maximum Gasteiger partial charge on any atom is 0.294 e. The van der Waals surface area contributed by atoms with Gasteiger partial charge in [-0.25, -0.2) is 0 Å². The van der Waals surface area contributed by atoms with E-state index in [-0.39, 0.29) is 4.90 Å². The van der Waals surface area contributed by atoms with Gasteiger partial charge < -0.3 is 5.32 Å². The summed E-state index contributed by atoms with van der Waals surface area (Å²) in [5.41, 5.74) is 4.59. The minimum absolute atomic E-state index is 0.0666. The van der Waals surface area contributed by atoms with Crippen LogP contribution < -0.4 is 5.32 Å². The normalized spacial score (nSPS) is 14.0. The van der Waals surface area contributed by atoms with Crippen LogP contribution in [0, 0.1) is 6.92 Å². The number of nitrogens with one attached hydrogen (secondary N) is 1. The molecule has 146 valence electrons. The lowest BCUT2D eigenvalue weighted by Gasteiger charge is -2.27. The number of hydrogen-bond donors (Lipinski definition) is 2. The van der Waals surface area contributed by atoms with Gasteiger partial charge >= 0.3 is 0 Å². The van der Waals surface area contributed by atoms with Crippen LogP contribution >= 0.6 is 11.6 Å². The minimum atomic E-state index is -4.02. The van der Waals surface area contributed by atoms with Crippen molar-refractivity contribution in [1.82, 2.24) is 5.32 Å². The fourth-order valence-corrected chi connectivity index (χ4v) is 3.65. The third-order valence-electron chi connectivity index (χ3n) is 4.65. The van der Waals surface area contributed by atoms with E-state index < -0.39 is 10.1 Å². The van der Waals surface area contributed by atoms with Crippen LogP contribution in [0.25, 0.3) is 11.1 Å². The standard InChI is InChI=1S/C15H14ClN.C7H8O3S/c16-15-8-12(13-9-17-10-13)6-7-14(15)11-4-2-1-3-5-11;1-6-2-4-7(5-3-6)11(8,9)10/h1-8,13,17H,9-10H2;2-5H,1H3,(H,8,9,10). The molecule has 1 aliphatic heterocycles. The molecule has 0 atom stereocenters. The van der Waals surface area contributed by atoms with Crippen molar-refractivity contribution >= 4 is 21.7 Å². The lowest BCUT2D eigenvalue weighted by atomic mass is 9.92. The monoisotopic (exact) mass is 415 g/mol. The van der Waals surface area contributed by atoms with E-state index in [1.54, 1.807) is 12.1 Å². The van der Waals surface area contributed by atoms with Crippen LogP contribution in [-0.4, -0.2) is 26.1 Å². The van der Waals surface area contributed by atoms with Crippen molar-refractivity contribution in [1.29, 1.82) is 0 Å². The molecule has 0 aliphatic carbocycles. The van der Waals surface area contributed by atoms with Crippen molar-refractivity contribution in [2.24, 2.45) is 0 Å². The predicted molar refractivity (Wildman–Crippen MR) is 113 cm³/mol. The lowest BCUT2D eigenvalue weighted by molar-refractivity contribution is 0.448. The summed E-state index contributed by atoms with van der Waals surface area (Å²) in [7, 11) is -4.02. The molecule has 3 aromatic rings. The molecule has 6 heteroatoms. The predicted octanol–water partition coefficient (Wildman–Crippen LogP) is 4.94. The number of hydrogen-bond acceptors (Lipinski definition) is 3. The summed E-state index contributed by atoms with van der Waals surface area (Å²) in [6, 6.07) is 22.7. The second-order valence-electron chi connectivity index (χ2n) is 6.75. The van der Waals surface area contributed by atoms with Crippen molar-refractivity contribution in [2.45, 2.75) is 17.7 Å². The lowest BCUT2D eigenvalue weighted by Crippen LogP contribution is -2.39. The van der Waals surface area contributed by atoms with Gasteiger partial charge in [0.25, 0.3) is 10.1 Å². The van der Waals surface area contributed by atoms with Gasteiger partial charge in [-0.15, -0.1) is 0 Å². The van der Waals surface area contributed by atoms with Crippen molar-refractivity contribution in [3.63, 3.8) is 0 Å². The first-order valence-electron chi connectivity index (χ1n) is 8.94. The fraction of sp³-hybridized carbons (Fsp3) is 0.182. The third-order valence-corrected chi connectivity index (χ3v) is 5.83. The Morgan fingerprint density at radius 2 is 1.61 bits per heavy atom. The van der Waals surface area contributed by atoms with Crippen molar-refractivity contribution < 1.29 is 13.0 Å². The molecule has 0 amide bonds. The molecule has 4 nitrogen and oxygen atoms in total. The van der Waals surface area contributed by atoms with Gasteiger partial charge in [0.1, 0.15) is 0 Å². The number of aryl methyl sites for hydroxylation is 1. The summed E-state index contributed by atoms with van der Waals surface area (Å²) in [6.07, 6.45) is 0. The van der Waals surface area contributed by atoms with E-state index in [1.165, 1.54) is 23.3 Å². The Morgan fingerprint density at radius 3 is 2.11 bits per heavy atom.